The van der Waals surface area contributed by atoms with Gasteiger partial charge in [-0.25, -0.2) is 0 Å². The fraction of sp³-hybridized carbons (Fsp3) is 0.250. The highest BCUT2D eigenvalue weighted by Gasteiger charge is 2.26. The van der Waals surface area contributed by atoms with Crippen LogP contribution in [0, 0.1) is 27.7 Å². The Balaban J connectivity index is 2.35. The maximum Gasteiger partial charge on any atom is 0.130 e. The molecule has 0 aliphatic rings. The van der Waals surface area contributed by atoms with E-state index < -0.39 is 7.92 Å². The fourth-order valence-electron chi connectivity index (χ4n) is 3.54. The molecule has 140 valence electrons. The SMILES string of the molecule is COc1cccc(OC)c1P(c1ccc(C)cc1C)c1ccc(C)cc1C. The molecular weight excluding hydrogens is 351 g/mol. The van der Waals surface area contributed by atoms with Gasteiger partial charge in [0.25, 0.3) is 0 Å². The highest BCUT2D eigenvalue weighted by atomic mass is 31.1. The van der Waals surface area contributed by atoms with E-state index in [0.717, 1.165) is 16.8 Å². The zero-order valence-corrected chi connectivity index (χ0v) is 17.9. The van der Waals surface area contributed by atoms with Gasteiger partial charge in [0.05, 0.1) is 19.5 Å². The summed E-state index contributed by atoms with van der Waals surface area (Å²) in [5.41, 5.74) is 5.15. The number of hydrogen-bond donors (Lipinski definition) is 0. The van der Waals surface area contributed by atoms with E-state index in [1.54, 1.807) is 14.2 Å². The molecule has 0 saturated heterocycles. The molecule has 0 N–H and O–H groups in total. The predicted molar refractivity (Wildman–Crippen MR) is 117 cm³/mol. The zero-order chi connectivity index (χ0) is 19.6. The van der Waals surface area contributed by atoms with Crippen molar-refractivity contribution in [1.29, 1.82) is 0 Å². The van der Waals surface area contributed by atoms with Crippen molar-refractivity contribution in [2.24, 2.45) is 0 Å². The Morgan fingerprint density at radius 3 is 1.44 bits per heavy atom. The van der Waals surface area contributed by atoms with Crippen LogP contribution in [0.5, 0.6) is 11.5 Å². The van der Waals surface area contributed by atoms with Crippen LogP contribution in [0.25, 0.3) is 0 Å². The number of aryl methyl sites for hydroxylation is 4. The molecular formula is C24H27O2P. The Hall–Kier alpha value is -2.31. The van der Waals surface area contributed by atoms with Gasteiger partial charge >= 0.3 is 0 Å². The van der Waals surface area contributed by atoms with E-state index in [-0.39, 0.29) is 0 Å². The Kier molecular flexibility index (Phi) is 5.87. The summed E-state index contributed by atoms with van der Waals surface area (Å²) < 4.78 is 11.6. The lowest BCUT2D eigenvalue weighted by Crippen LogP contribution is -2.26. The van der Waals surface area contributed by atoms with Gasteiger partial charge in [0, 0.05) is 0 Å². The summed E-state index contributed by atoms with van der Waals surface area (Å²) in [6.07, 6.45) is 0. The van der Waals surface area contributed by atoms with Crippen LogP contribution in [0.15, 0.2) is 54.6 Å². The number of rotatable bonds is 5. The van der Waals surface area contributed by atoms with Gasteiger partial charge in [-0.2, -0.15) is 0 Å². The topological polar surface area (TPSA) is 18.5 Å². The second-order valence-corrected chi connectivity index (χ2v) is 9.01. The van der Waals surface area contributed by atoms with E-state index in [2.05, 4.69) is 64.1 Å². The quantitative estimate of drug-likeness (QED) is 0.600. The third-order valence-electron chi connectivity index (χ3n) is 4.81. The Labute approximate surface area is 163 Å². The molecule has 0 aromatic heterocycles. The Morgan fingerprint density at radius 2 is 1.07 bits per heavy atom. The van der Waals surface area contributed by atoms with Gasteiger partial charge in [-0.05, 0) is 69.5 Å². The van der Waals surface area contributed by atoms with Crippen molar-refractivity contribution >= 4 is 23.8 Å². The molecule has 0 fully saturated rings. The van der Waals surface area contributed by atoms with Gasteiger partial charge in [0.1, 0.15) is 11.5 Å². The van der Waals surface area contributed by atoms with Crippen LogP contribution in [0.2, 0.25) is 0 Å². The van der Waals surface area contributed by atoms with Gasteiger partial charge in [0.2, 0.25) is 0 Å². The minimum atomic E-state index is -0.816. The lowest BCUT2D eigenvalue weighted by atomic mass is 10.1. The van der Waals surface area contributed by atoms with Crippen molar-refractivity contribution in [2.45, 2.75) is 27.7 Å². The normalized spacial score (nSPS) is 10.9. The summed E-state index contributed by atoms with van der Waals surface area (Å²) in [7, 11) is 2.65. The van der Waals surface area contributed by atoms with Gasteiger partial charge < -0.3 is 9.47 Å². The molecule has 3 aromatic rings. The average Bonchev–Trinajstić information content (AvgIpc) is 2.64. The molecule has 0 amide bonds. The number of hydrogen-bond acceptors (Lipinski definition) is 2. The van der Waals surface area contributed by atoms with Crippen molar-refractivity contribution in [3.05, 3.63) is 76.9 Å². The zero-order valence-electron chi connectivity index (χ0n) is 17.0. The molecule has 0 atom stereocenters. The van der Waals surface area contributed by atoms with E-state index in [4.69, 9.17) is 9.47 Å². The van der Waals surface area contributed by atoms with E-state index >= 15 is 0 Å². The molecule has 27 heavy (non-hydrogen) atoms. The predicted octanol–water partition coefficient (Wildman–Crippen LogP) is 4.70. The molecule has 0 aliphatic carbocycles. The Bertz CT molecular complexity index is 889. The third kappa shape index (κ3) is 3.87. The summed E-state index contributed by atoms with van der Waals surface area (Å²) in [5, 5.41) is 3.81. The lowest BCUT2D eigenvalue weighted by molar-refractivity contribution is 0.401. The summed E-state index contributed by atoms with van der Waals surface area (Å²) in [6.45, 7) is 8.67. The van der Waals surface area contributed by atoms with Crippen molar-refractivity contribution in [2.75, 3.05) is 14.2 Å². The van der Waals surface area contributed by atoms with Crippen LogP contribution in [-0.2, 0) is 0 Å². The van der Waals surface area contributed by atoms with Gasteiger partial charge in [-0.3, -0.25) is 0 Å². The molecule has 0 spiro atoms. The Morgan fingerprint density at radius 1 is 0.630 bits per heavy atom. The fourth-order valence-corrected chi connectivity index (χ4v) is 6.33. The summed E-state index contributed by atoms with van der Waals surface area (Å²) >= 11 is 0. The number of methoxy groups -OCH3 is 2. The van der Waals surface area contributed by atoms with Crippen LogP contribution >= 0.6 is 7.92 Å². The minimum absolute atomic E-state index is 0.816. The lowest BCUT2D eigenvalue weighted by Gasteiger charge is -2.26. The van der Waals surface area contributed by atoms with Gasteiger partial charge in [-0.15, -0.1) is 0 Å². The maximum atomic E-state index is 5.78. The van der Waals surface area contributed by atoms with E-state index in [9.17, 15) is 0 Å². The van der Waals surface area contributed by atoms with Gasteiger partial charge in [-0.1, -0.05) is 53.6 Å². The first-order valence-corrected chi connectivity index (χ1v) is 10.5. The molecule has 3 rings (SSSR count). The first-order valence-electron chi connectivity index (χ1n) is 9.12. The second-order valence-electron chi connectivity index (χ2n) is 6.93. The first-order chi connectivity index (χ1) is 13.0. The summed E-state index contributed by atoms with van der Waals surface area (Å²) in [4.78, 5) is 0. The smallest absolute Gasteiger partial charge is 0.130 e. The first kappa shape index (κ1) is 19.5. The molecule has 3 heteroatoms. The molecule has 0 radical (unpaired) electrons. The maximum absolute atomic E-state index is 5.78. The van der Waals surface area contributed by atoms with Crippen LogP contribution in [0.3, 0.4) is 0 Å². The van der Waals surface area contributed by atoms with E-state index in [1.807, 2.05) is 18.2 Å². The highest BCUT2D eigenvalue weighted by molar-refractivity contribution is 7.80. The minimum Gasteiger partial charge on any atom is -0.496 e. The molecule has 3 aromatic carbocycles. The van der Waals surface area contributed by atoms with E-state index in [1.165, 1.54) is 32.9 Å². The van der Waals surface area contributed by atoms with Crippen LogP contribution in [-0.4, -0.2) is 14.2 Å². The second kappa shape index (κ2) is 8.15. The monoisotopic (exact) mass is 378 g/mol. The van der Waals surface area contributed by atoms with Crippen molar-refractivity contribution in [1.82, 2.24) is 0 Å². The summed E-state index contributed by atoms with van der Waals surface area (Å²) in [5.74, 6) is 1.75. The van der Waals surface area contributed by atoms with Crippen LogP contribution < -0.4 is 25.4 Å². The summed E-state index contributed by atoms with van der Waals surface area (Å²) in [6, 6.07) is 19.5. The van der Waals surface area contributed by atoms with E-state index in [0.29, 0.717) is 0 Å². The van der Waals surface area contributed by atoms with Crippen LogP contribution in [0.1, 0.15) is 22.3 Å². The largest absolute Gasteiger partial charge is 0.496 e. The molecule has 0 bridgehead atoms. The highest BCUT2D eigenvalue weighted by Crippen LogP contribution is 2.42. The molecule has 0 saturated carbocycles. The number of benzene rings is 3. The van der Waals surface area contributed by atoms with Crippen LogP contribution in [0.4, 0.5) is 0 Å². The molecule has 2 nitrogen and oxygen atoms in total. The molecule has 0 unspecified atom stereocenters. The average molecular weight is 378 g/mol. The van der Waals surface area contributed by atoms with Crippen molar-refractivity contribution in [3.8, 4) is 11.5 Å². The van der Waals surface area contributed by atoms with Gasteiger partial charge in [0.15, 0.2) is 0 Å². The molecule has 0 heterocycles. The van der Waals surface area contributed by atoms with Crippen molar-refractivity contribution < 1.29 is 9.47 Å². The number of ether oxygens (including phenoxy) is 2. The third-order valence-corrected chi connectivity index (χ3v) is 7.67. The standard InChI is InChI=1S/C24H27O2P/c1-16-10-12-22(18(3)14-16)27(23-13-11-17(2)15-19(23)4)24-20(25-5)8-7-9-21(24)26-6/h7-15H,1-6H3. The van der Waals surface area contributed by atoms with Crippen molar-refractivity contribution in [3.63, 3.8) is 0 Å². The molecule has 0 aliphatic heterocycles.